The predicted octanol–water partition coefficient (Wildman–Crippen LogP) is 1.43. The van der Waals surface area contributed by atoms with Crippen LogP contribution in [0.1, 0.15) is 23.6 Å². The normalized spacial score (nSPS) is 25.7. The van der Waals surface area contributed by atoms with E-state index in [1.54, 1.807) is 16.7 Å². The summed E-state index contributed by atoms with van der Waals surface area (Å²) in [7, 11) is -3.30. The van der Waals surface area contributed by atoms with Crippen LogP contribution in [0.4, 0.5) is 0 Å². The van der Waals surface area contributed by atoms with E-state index in [1.165, 1.54) is 6.26 Å². The molecule has 2 aliphatic rings. The molecule has 0 saturated carbocycles. The number of rotatable bonds is 5. The summed E-state index contributed by atoms with van der Waals surface area (Å²) in [6, 6.07) is 9.57. The van der Waals surface area contributed by atoms with Crippen molar-refractivity contribution in [3.05, 3.63) is 53.9 Å². The number of H-pyrrole nitrogens is 1. The number of aromatic amines is 1. The molecule has 27 heavy (non-hydrogen) atoms. The van der Waals surface area contributed by atoms with Gasteiger partial charge in [0.15, 0.2) is 0 Å². The minimum atomic E-state index is -3.30. The molecule has 0 radical (unpaired) electrons. The number of benzene rings is 1. The molecule has 2 aromatic rings. The van der Waals surface area contributed by atoms with Gasteiger partial charge in [0.05, 0.1) is 18.5 Å². The fraction of sp³-hybridized carbons (Fsp3) is 0.474. The highest BCUT2D eigenvalue weighted by Gasteiger charge is 2.51. The number of likely N-dealkylation sites (tertiary alicyclic amines) is 1. The molecule has 2 aliphatic heterocycles. The van der Waals surface area contributed by atoms with Crippen molar-refractivity contribution in [2.75, 3.05) is 25.9 Å². The van der Waals surface area contributed by atoms with E-state index in [-0.39, 0.29) is 23.8 Å². The lowest BCUT2D eigenvalue weighted by molar-refractivity contribution is -0.130. The molecule has 0 spiro atoms. The van der Waals surface area contributed by atoms with E-state index in [4.69, 9.17) is 0 Å². The van der Waals surface area contributed by atoms with Crippen LogP contribution < -0.4 is 0 Å². The summed E-state index contributed by atoms with van der Waals surface area (Å²) >= 11 is 0. The van der Waals surface area contributed by atoms with Crippen LogP contribution in [-0.2, 0) is 21.2 Å². The first-order valence-corrected chi connectivity index (χ1v) is 11.1. The zero-order valence-electron chi connectivity index (χ0n) is 15.3. The molecule has 0 unspecified atom stereocenters. The second-order valence-corrected chi connectivity index (χ2v) is 9.45. The Balaban J connectivity index is 1.49. The maximum absolute atomic E-state index is 12.7. The number of carbonyl (C=O) groups excluding carboxylic acids is 1. The number of hydrogen-bond donors (Lipinski definition) is 1. The number of nitrogens with zero attached hydrogens (tertiary/aromatic N) is 3. The molecule has 0 bridgehead atoms. The average Bonchev–Trinajstić information content (AvgIpc) is 3.35. The third-order valence-corrected chi connectivity index (χ3v) is 6.95. The number of hydrogen-bond acceptors (Lipinski definition) is 4. The molecule has 0 aliphatic carbocycles. The van der Waals surface area contributed by atoms with E-state index in [9.17, 15) is 13.2 Å². The Morgan fingerprint density at radius 3 is 2.67 bits per heavy atom. The van der Waals surface area contributed by atoms with Crippen molar-refractivity contribution >= 4 is 15.9 Å². The molecule has 1 N–H and O–H groups in total. The molecule has 2 fully saturated rings. The van der Waals surface area contributed by atoms with Gasteiger partial charge in [0.1, 0.15) is 0 Å². The van der Waals surface area contributed by atoms with Gasteiger partial charge in [-0.1, -0.05) is 30.3 Å². The second-order valence-electron chi connectivity index (χ2n) is 7.52. The summed E-state index contributed by atoms with van der Waals surface area (Å²) in [6.45, 7) is 1.72. The van der Waals surface area contributed by atoms with Gasteiger partial charge < -0.3 is 4.90 Å². The highest BCUT2D eigenvalue weighted by atomic mass is 32.2. The lowest BCUT2D eigenvalue weighted by Gasteiger charge is -2.28. The Bertz CT molecular complexity index is 898. The number of aryl methyl sites for hydroxylation is 1. The van der Waals surface area contributed by atoms with Crippen molar-refractivity contribution in [2.45, 2.75) is 18.9 Å². The van der Waals surface area contributed by atoms with Crippen molar-refractivity contribution in [3.8, 4) is 0 Å². The molecule has 1 aromatic heterocycles. The summed E-state index contributed by atoms with van der Waals surface area (Å²) in [5.41, 5.74) is 2.02. The Labute approximate surface area is 159 Å². The fourth-order valence-electron chi connectivity index (χ4n) is 4.44. The first kappa shape index (κ1) is 18.2. The summed E-state index contributed by atoms with van der Waals surface area (Å²) in [5, 5.41) is 6.67. The first-order valence-electron chi connectivity index (χ1n) is 9.20. The molecule has 3 heterocycles. The number of amides is 1. The van der Waals surface area contributed by atoms with Crippen LogP contribution in [0, 0.1) is 11.8 Å². The molecular formula is C19H24N4O3S. The maximum Gasteiger partial charge on any atom is 0.222 e. The molecule has 1 aromatic carbocycles. The van der Waals surface area contributed by atoms with Crippen LogP contribution in [0.25, 0.3) is 0 Å². The first-order chi connectivity index (χ1) is 12.9. The monoisotopic (exact) mass is 388 g/mol. The minimum absolute atomic E-state index is 0.128. The third-order valence-electron chi connectivity index (χ3n) is 5.72. The van der Waals surface area contributed by atoms with Gasteiger partial charge in [-0.25, -0.2) is 8.42 Å². The van der Waals surface area contributed by atoms with E-state index in [0.29, 0.717) is 32.5 Å². The van der Waals surface area contributed by atoms with Crippen molar-refractivity contribution < 1.29 is 13.2 Å². The van der Waals surface area contributed by atoms with Crippen LogP contribution in [0.5, 0.6) is 0 Å². The number of carbonyl (C=O) groups is 1. The SMILES string of the molecule is CS(=O)(=O)N1C[C@H]2CN(C(=O)CCc3cn[nH]c3)C[C@H]2[C@@H]1c1ccccc1. The molecule has 144 valence electrons. The van der Waals surface area contributed by atoms with Gasteiger partial charge in [0.25, 0.3) is 0 Å². The summed E-state index contributed by atoms with van der Waals surface area (Å²) < 4.78 is 26.3. The lowest BCUT2D eigenvalue weighted by Crippen LogP contribution is -2.37. The van der Waals surface area contributed by atoms with E-state index in [1.807, 2.05) is 35.2 Å². The standard InChI is InChI=1S/C19H24N4O3S/c1-27(25,26)23-12-16-11-22(18(24)8-7-14-9-20-21-10-14)13-17(16)19(23)15-5-3-2-4-6-15/h2-6,9-10,16-17,19H,7-8,11-13H2,1H3,(H,20,21)/t16-,17-,19+/m1/s1. The van der Waals surface area contributed by atoms with E-state index >= 15 is 0 Å². The second kappa shape index (κ2) is 7.09. The number of aromatic nitrogens is 2. The molecule has 7 nitrogen and oxygen atoms in total. The van der Waals surface area contributed by atoms with E-state index in [2.05, 4.69) is 10.2 Å². The van der Waals surface area contributed by atoms with Gasteiger partial charge in [0, 0.05) is 38.2 Å². The summed E-state index contributed by atoms with van der Waals surface area (Å²) in [4.78, 5) is 14.6. The lowest BCUT2D eigenvalue weighted by atomic mass is 9.90. The largest absolute Gasteiger partial charge is 0.342 e. The molecule has 4 rings (SSSR count). The van der Waals surface area contributed by atoms with Crippen molar-refractivity contribution in [1.82, 2.24) is 19.4 Å². The quantitative estimate of drug-likeness (QED) is 0.840. The van der Waals surface area contributed by atoms with Gasteiger partial charge in [-0.15, -0.1) is 0 Å². The van der Waals surface area contributed by atoms with Crippen LogP contribution >= 0.6 is 0 Å². The number of nitrogens with one attached hydrogen (secondary N) is 1. The molecule has 8 heteroatoms. The van der Waals surface area contributed by atoms with Crippen molar-refractivity contribution in [2.24, 2.45) is 11.8 Å². The fourth-order valence-corrected chi connectivity index (χ4v) is 5.59. The summed E-state index contributed by atoms with van der Waals surface area (Å²) in [5.74, 6) is 0.450. The molecule has 2 saturated heterocycles. The Hall–Kier alpha value is -2.19. The van der Waals surface area contributed by atoms with Crippen LogP contribution in [-0.4, -0.2) is 59.6 Å². The van der Waals surface area contributed by atoms with Gasteiger partial charge in [0.2, 0.25) is 15.9 Å². The number of fused-ring (bicyclic) bond motifs is 1. The Morgan fingerprint density at radius 2 is 2.00 bits per heavy atom. The van der Waals surface area contributed by atoms with E-state index < -0.39 is 10.0 Å². The van der Waals surface area contributed by atoms with Gasteiger partial charge in [-0.05, 0) is 23.5 Å². The smallest absolute Gasteiger partial charge is 0.222 e. The van der Waals surface area contributed by atoms with Crippen LogP contribution in [0.15, 0.2) is 42.7 Å². The van der Waals surface area contributed by atoms with Crippen molar-refractivity contribution in [1.29, 1.82) is 0 Å². The average molecular weight is 388 g/mol. The molecule has 3 atom stereocenters. The minimum Gasteiger partial charge on any atom is -0.342 e. The van der Waals surface area contributed by atoms with Gasteiger partial charge in [-0.2, -0.15) is 9.40 Å². The maximum atomic E-state index is 12.7. The van der Waals surface area contributed by atoms with Crippen LogP contribution in [0.2, 0.25) is 0 Å². The highest BCUT2D eigenvalue weighted by molar-refractivity contribution is 7.88. The topological polar surface area (TPSA) is 86.4 Å². The zero-order valence-corrected chi connectivity index (χ0v) is 16.1. The van der Waals surface area contributed by atoms with E-state index in [0.717, 1.165) is 11.1 Å². The predicted molar refractivity (Wildman–Crippen MR) is 101 cm³/mol. The van der Waals surface area contributed by atoms with Crippen molar-refractivity contribution in [3.63, 3.8) is 0 Å². The van der Waals surface area contributed by atoms with Gasteiger partial charge >= 0.3 is 0 Å². The van der Waals surface area contributed by atoms with Crippen LogP contribution in [0.3, 0.4) is 0 Å². The zero-order chi connectivity index (χ0) is 19.0. The Kier molecular flexibility index (Phi) is 4.77. The van der Waals surface area contributed by atoms with Gasteiger partial charge in [-0.3, -0.25) is 9.89 Å². The number of sulfonamides is 1. The molecule has 1 amide bonds. The third kappa shape index (κ3) is 3.64. The molecular weight excluding hydrogens is 364 g/mol. The highest BCUT2D eigenvalue weighted by Crippen LogP contribution is 2.46. The Morgan fingerprint density at radius 1 is 1.22 bits per heavy atom. The summed E-state index contributed by atoms with van der Waals surface area (Å²) in [6.07, 6.45) is 5.93.